The van der Waals surface area contributed by atoms with E-state index in [1.807, 2.05) is 0 Å². The topological polar surface area (TPSA) is 72.5 Å². The van der Waals surface area contributed by atoms with E-state index in [0.717, 1.165) is 0 Å². The van der Waals surface area contributed by atoms with Gasteiger partial charge in [-0.2, -0.15) is 0 Å². The van der Waals surface area contributed by atoms with Crippen LogP contribution in [0.15, 0.2) is 24.3 Å². The molecule has 0 spiro atoms. The van der Waals surface area contributed by atoms with Crippen LogP contribution < -0.4 is 10.1 Å². The van der Waals surface area contributed by atoms with Gasteiger partial charge in [-0.15, -0.1) is 0 Å². The second-order valence-corrected chi connectivity index (χ2v) is 4.11. The van der Waals surface area contributed by atoms with Gasteiger partial charge in [0.05, 0.1) is 5.56 Å². The summed E-state index contributed by atoms with van der Waals surface area (Å²) in [6, 6.07) is 6.74. The predicted molar refractivity (Wildman–Crippen MR) is 63.2 cm³/mol. The molecule has 1 aromatic rings. The number of carbonyl (C=O) groups is 3. The van der Waals surface area contributed by atoms with Gasteiger partial charge in [-0.3, -0.25) is 19.7 Å². The molecule has 1 unspecified atom stereocenters. The molecule has 5 nitrogen and oxygen atoms in total. The number of carbonyl (C=O) groups excluding carboxylic acids is 3. The van der Waals surface area contributed by atoms with Gasteiger partial charge in [-0.1, -0.05) is 12.1 Å². The van der Waals surface area contributed by atoms with Crippen molar-refractivity contribution in [1.29, 1.82) is 0 Å². The summed E-state index contributed by atoms with van der Waals surface area (Å²) < 4.78 is 5.52. The van der Waals surface area contributed by atoms with Crippen LogP contribution in [0.5, 0.6) is 5.75 Å². The first-order chi connectivity index (χ1) is 8.58. The van der Waals surface area contributed by atoms with Gasteiger partial charge in [0.2, 0.25) is 5.91 Å². The largest absolute Gasteiger partial charge is 0.480 e. The van der Waals surface area contributed by atoms with Crippen molar-refractivity contribution in [2.45, 2.75) is 25.9 Å². The quantitative estimate of drug-likeness (QED) is 0.640. The molecule has 1 fully saturated rings. The van der Waals surface area contributed by atoms with Crippen molar-refractivity contribution in [1.82, 2.24) is 5.32 Å². The molecule has 0 aliphatic carbocycles. The average Bonchev–Trinajstić information content (AvgIpc) is 2.33. The highest BCUT2D eigenvalue weighted by molar-refractivity contribution is 6.00. The molecule has 1 aromatic carbocycles. The molecular weight excluding hydrogens is 234 g/mol. The molecule has 1 aliphatic heterocycles. The minimum atomic E-state index is -0.719. The van der Waals surface area contributed by atoms with Crippen LogP contribution in [0.25, 0.3) is 0 Å². The van der Waals surface area contributed by atoms with Crippen LogP contribution in [0.3, 0.4) is 0 Å². The Bertz CT molecular complexity index is 509. The molecule has 0 saturated carbocycles. The third-order valence-electron chi connectivity index (χ3n) is 2.72. The van der Waals surface area contributed by atoms with E-state index in [-0.39, 0.29) is 18.1 Å². The Morgan fingerprint density at radius 2 is 2.06 bits per heavy atom. The summed E-state index contributed by atoms with van der Waals surface area (Å²) in [5.41, 5.74) is 0.433. The molecule has 1 saturated heterocycles. The molecule has 2 amide bonds. The van der Waals surface area contributed by atoms with Gasteiger partial charge in [0.1, 0.15) is 5.75 Å². The molecule has 0 radical (unpaired) electrons. The first-order valence-corrected chi connectivity index (χ1v) is 5.68. The second-order valence-electron chi connectivity index (χ2n) is 4.11. The second kappa shape index (κ2) is 5.00. The number of ketones is 1. The first-order valence-electron chi connectivity index (χ1n) is 5.68. The molecule has 5 heteroatoms. The van der Waals surface area contributed by atoms with Crippen LogP contribution in [0.1, 0.15) is 30.1 Å². The Kier molecular flexibility index (Phi) is 3.41. The van der Waals surface area contributed by atoms with E-state index < -0.39 is 12.0 Å². The molecule has 2 rings (SSSR count). The number of Topliss-reactive ketones (excluding diaryl/α,β-unsaturated/α-hetero) is 1. The van der Waals surface area contributed by atoms with E-state index in [4.69, 9.17) is 4.74 Å². The zero-order chi connectivity index (χ0) is 13.1. The standard InChI is InChI=1S/C13H13NO4/c1-8(15)9-4-2-3-5-10(9)18-11-6-7-12(16)14-13(11)17/h2-5,11H,6-7H2,1H3,(H,14,16,17). The maximum absolute atomic E-state index is 11.5. The van der Waals surface area contributed by atoms with E-state index in [0.29, 0.717) is 17.7 Å². The van der Waals surface area contributed by atoms with Gasteiger partial charge in [0, 0.05) is 12.8 Å². The number of imide groups is 1. The maximum atomic E-state index is 11.5. The summed E-state index contributed by atoms with van der Waals surface area (Å²) in [4.78, 5) is 34.0. The van der Waals surface area contributed by atoms with Crippen molar-refractivity contribution >= 4 is 17.6 Å². The number of para-hydroxylation sites is 1. The molecule has 0 aromatic heterocycles. The van der Waals surface area contributed by atoms with Crippen molar-refractivity contribution in [2.24, 2.45) is 0 Å². The van der Waals surface area contributed by atoms with Crippen LogP contribution in [-0.4, -0.2) is 23.7 Å². The lowest BCUT2D eigenvalue weighted by Gasteiger charge is -2.22. The van der Waals surface area contributed by atoms with Crippen LogP contribution in [0, 0.1) is 0 Å². The summed E-state index contributed by atoms with van der Waals surface area (Å²) in [5, 5.41) is 2.21. The van der Waals surface area contributed by atoms with Gasteiger partial charge in [-0.25, -0.2) is 0 Å². The third kappa shape index (κ3) is 2.56. The number of hydrogen-bond donors (Lipinski definition) is 1. The van der Waals surface area contributed by atoms with E-state index in [9.17, 15) is 14.4 Å². The van der Waals surface area contributed by atoms with Crippen LogP contribution >= 0.6 is 0 Å². The van der Waals surface area contributed by atoms with Crippen molar-refractivity contribution in [2.75, 3.05) is 0 Å². The highest BCUT2D eigenvalue weighted by atomic mass is 16.5. The molecule has 0 bridgehead atoms. The van der Waals surface area contributed by atoms with Crippen molar-refractivity contribution in [3.8, 4) is 5.75 Å². The fourth-order valence-electron chi connectivity index (χ4n) is 1.80. The van der Waals surface area contributed by atoms with E-state index >= 15 is 0 Å². The number of ether oxygens (including phenoxy) is 1. The van der Waals surface area contributed by atoms with E-state index in [2.05, 4.69) is 5.32 Å². The van der Waals surface area contributed by atoms with Gasteiger partial charge in [-0.05, 0) is 19.1 Å². The lowest BCUT2D eigenvalue weighted by atomic mass is 10.1. The molecule has 94 valence electrons. The van der Waals surface area contributed by atoms with Crippen molar-refractivity contribution in [3.05, 3.63) is 29.8 Å². The number of hydrogen-bond acceptors (Lipinski definition) is 4. The number of amides is 2. The molecule has 1 heterocycles. The normalized spacial score (nSPS) is 19.3. The van der Waals surface area contributed by atoms with Crippen molar-refractivity contribution < 1.29 is 19.1 Å². The Morgan fingerprint density at radius 3 is 2.72 bits per heavy atom. The number of rotatable bonds is 3. The van der Waals surface area contributed by atoms with Crippen LogP contribution in [0.2, 0.25) is 0 Å². The molecule has 1 aliphatic rings. The van der Waals surface area contributed by atoms with Crippen molar-refractivity contribution in [3.63, 3.8) is 0 Å². The van der Waals surface area contributed by atoms with Crippen LogP contribution in [-0.2, 0) is 9.59 Å². The van der Waals surface area contributed by atoms with Crippen LogP contribution in [0.4, 0.5) is 0 Å². The number of nitrogens with one attached hydrogen (secondary N) is 1. The summed E-state index contributed by atoms with van der Waals surface area (Å²) in [7, 11) is 0. The monoisotopic (exact) mass is 247 g/mol. The molecule has 1 atom stereocenters. The van der Waals surface area contributed by atoms with E-state index in [1.165, 1.54) is 6.92 Å². The third-order valence-corrected chi connectivity index (χ3v) is 2.72. The number of benzene rings is 1. The van der Waals surface area contributed by atoms with Gasteiger partial charge < -0.3 is 4.74 Å². The zero-order valence-corrected chi connectivity index (χ0v) is 9.93. The summed E-state index contributed by atoms with van der Waals surface area (Å²) >= 11 is 0. The summed E-state index contributed by atoms with van der Waals surface area (Å²) in [6.07, 6.45) is -0.140. The minimum absolute atomic E-state index is 0.127. The SMILES string of the molecule is CC(=O)c1ccccc1OC1CCC(=O)NC1=O. The lowest BCUT2D eigenvalue weighted by molar-refractivity contribution is -0.138. The zero-order valence-electron chi connectivity index (χ0n) is 9.93. The molecule has 1 N–H and O–H groups in total. The van der Waals surface area contributed by atoms with Gasteiger partial charge in [0.15, 0.2) is 11.9 Å². The maximum Gasteiger partial charge on any atom is 0.267 e. The minimum Gasteiger partial charge on any atom is -0.480 e. The molecular formula is C13H13NO4. The summed E-state index contributed by atoms with van der Waals surface area (Å²) in [5.74, 6) is -0.498. The Balaban J connectivity index is 2.17. The Labute approximate surface area is 104 Å². The Morgan fingerprint density at radius 1 is 1.33 bits per heavy atom. The fourth-order valence-corrected chi connectivity index (χ4v) is 1.80. The Hall–Kier alpha value is -2.17. The number of piperidine rings is 1. The highest BCUT2D eigenvalue weighted by Crippen LogP contribution is 2.22. The highest BCUT2D eigenvalue weighted by Gasteiger charge is 2.28. The fraction of sp³-hybridized carbons (Fsp3) is 0.308. The lowest BCUT2D eigenvalue weighted by Crippen LogP contribution is -2.46. The first kappa shape index (κ1) is 12.3. The average molecular weight is 247 g/mol. The van der Waals surface area contributed by atoms with Gasteiger partial charge in [0.25, 0.3) is 5.91 Å². The smallest absolute Gasteiger partial charge is 0.267 e. The van der Waals surface area contributed by atoms with Gasteiger partial charge >= 0.3 is 0 Å². The predicted octanol–water partition coefficient (Wildman–Crippen LogP) is 1.07. The van der Waals surface area contributed by atoms with E-state index in [1.54, 1.807) is 24.3 Å². The summed E-state index contributed by atoms with van der Waals surface area (Å²) in [6.45, 7) is 1.44. The molecule has 18 heavy (non-hydrogen) atoms.